The second-order valence-electron chi connectivity index (χ2n) is 14.0. The van der Waals surface area contributed by atoms with Gasteiger partial charge in [0.25, 0.3) is 0 Å². The molecular weight excluding hydrogens is 458 g/mol. The van der Waals surface area contributed by atoms with Crippen LogP contribution in [0.1, 0.15) is 220 Å². The van der Waals surface area contributed by atoms with E-state index in [4.69, 9.17) is 0 Å². The second kappa shape index (κ2) is 31.5. The summed E-state index contributed by atoms with van der Waals surface area (Å²) in [4.78, 5) is 0. The molecule has 1 N–H and O–H groups in total. The van der Waals surface area contributed by atoms with E-state index in [1.54, 1.807) is 0 Å². The molecule has 0 saturated heterocycles. The third-order valence-corrected chi connectivity index (χ3v) is 8.49. The highest BCUT2D eigenvalue weighted by atomic mass is 14.8. The topological polar surface area (TPSA) is 12.0 Å². The van der Waals surface area contributed by atoms with Crippen molar-refractivity contribution >= 4 is 0 Å². The van der Waals surface area contributed by atoms with E-state index in [-0.39, 0.29) is 0 Å². The van der Waals surface area contributed by atoms with Crippen molar-refractivity contribution in [3.05, 3.63) is 0 Å². The molecule has 0 unspecified atom stereocenters. The SMILES string of the molecule is CCCCCCCCCCCCCCCCNCCCCCCCCCCCCCCCCCC(C)(C)C. The fraction of sp³-hybridized carbons (Fsp3) is 1.00. The second-order valence-corrected chi connectivity index (χ2v) is 14.0. The first-order valence-electron chi connectivity index (χ1n) is 18.3. The predicted molar refractivity (Wildman–Crippen MR) is 177 cm³/mol. The van der Waals surface area contributed by atoms with Crippen molar-refractivity contribution in [2.75, 3.05) is 13.1 Å². The highest BCUT2D eigenvalue weighted by Gasteiger charge is 2.08. The summed E-state index contributed by atoms with van der Waals surface area (Å²) in [6, 6.07) is 0. The molecule has 0 aliphatic rings. The van der Waals surface area contributed by atoms with Crippen LogP contribution in [0.25, 0.3) is 0 Å². The molecule has 1 heteroatoms. The molecule has 0 atom stereocenters. The summed E-state index contributed by atoms with van der Waals surface area (Å²) in [7, 11) is 0. The monoisotopic (exact) mass is 536 g/mol. The maximum atomic E-state index is 3.68. The standard InChI is InChI=1S/C37H77N/c1-5-6-7-8-9-10-11-12-17-20-23-26-29-32-35-38-36-33-30-27-24-21-18-15-13-14-16-19-22-25-28-31-34-37(2,3)4/h38H,5-36H2,1-4H3. The number of rotatable bonds is 32. The first kappa shape index (κ1) is 38.0. The lowest BCUT2D eigenvalue weighted by Crippen LogP contribution is -2.16. The normalized spacial score (nSPS) is 12.0. The molecule has 38 heavy (non-hydrogen) atoms. The largest absolute Gasteiger partial charge is 0.317 e. The molecular formula is C37H77N. The van der Waals surface area contributed by atoms with Crippen LogP contribution in [-0.4, -0.2) is 13.1 Å². The highest BCUT2D eigenvalue weighted by Crippen LogP contribution is 2.23. The van der Waals surface area contributed by atoms with Gasteiger partial charge in [-0.05, 0) is 37.8 Å². The van der Waals surface area contributed by atoms with Crippen molar-refractivity contribution in [1.29, 1.82) is 0 Å². The zero-order valence-corrected chi connectivity index (χ0v) is 27.6. The molecule has 0 spiro atoms. The molecule has 0 heterocycles. The van der Waals surface area contributed by atoms with Gasteiger partial charge in [0, 0.05) is 0 Å². The maximum absolute atomic E-state index is 3.68. The van der Waals surface area contributed by atoms with Crippen LogP contribution in [-0.2, 0) is 0 Å². The van der Waals surface area contributed by atoms with Crippen molar-refractivity contribution in [3.8, 4) is 0 Å². The number of hydrogen-bond donors (Lipinski definition) is 1. The molecule has 0 amide bonds. The van der Waals surface area contributed by atoms with E-state index in [0.29, 0.717) is 5.41 Å². The summed E-state index contributed by atoms with van der Waals surface area (Å²) in [5, 5.41) is 3.68. The van der Waals surface area contributed by atoms with Crippen molar-refractivity contribution in [2.45, 2.75) is 220 Å². The Kier molecular flexibility index (Phi) is 31.5. The van der Waals surface area contributed by atoms with Crippen molar-refractivity contribution in [1.82, 2.24) is 5.32 Å². The van der Waals surface area contributed by atoms with Gasteiger partial charge in [0.1, 0.15) is 0 Å². The maximum Gasteiger partial charge on any atom is -0.00489 e. The Hall–Kier alpha value is -0.0400. The van der Waals surface area contributed by atoms with Gasteiger partial charge >= 0.3 is 0 Å². The van der Waals surface area contributed by atoms with Crippen LogP contribution in [0.15, 0.2) is 0 Å². The molecule has 0 rings (SSSR count). The summed E-state index contributed by atoms with van der Waals surface area (Å²) in [5.41, 5.74) is 0.530. The Morgan fingerprint density at radius 2 is 0.553 bits per heavy atom. The first-order valence-corrected chi connectivity index (χ1v) is 18.3. The van der Waals surface area contributed by atoms with Crippen LogP contribution < -0.4 is 5.32 Å². The summed E-state index contributed by atoms with van der Waals surface area (Å²) in [6.45, 7) is 11.9. The zero-order valence-electron chi connectivity index (χ0n) is 27.6. The molecule has 0 aliphatic carbocycles. The molecule has 1 nitrogen and oxygen atoms in total. The molecule has 0 fully saturated rings. The molecule has 0 aliphatic heterocycles. The Morgan fingerprint density at radius 1 is 0.316 bits per heavy atom. The number of unbranched alkanes of at least 4 members (excludes halogenated alkanes) is 27. The van der Waals surface area contributed by atoms with Gasteiger partial charge in [-0.3, -0.25) is 0 Å². The Morgan fingerprint density at radius 3 is 0.816 bits per heavy atom. The smallest absolute Gasteiger partial charge is 0.00489 e. The van der Waals surface area contributed by atoms with Gasteiger partial charge in [0.05, 0.1) is 0 Å². The third kappa shape index (κ3) is 36.0. The van der Waals surface area contributed by atoms with E-state index in [0.717, 1.165) is 0 Å². The molecule has 0 radical (unpaired) electrons. The summed E-state index contributed by atoms with van der Waals surface area (Å²) in [6.07, 6.45) is 43.6. The lowest BCUT2D eigenvalue weighted by Gasteiger charge is -2.17. The highest BCUT2D eigenvalue weighted by molar-refractivity contribution is 4.61. The Bertz CT molecular complexity index is 409. The lowest BCUT2D eigenvalue weighted by atomic mass is 9.89. The zero-order chi connectivity index (χ0) is 27.8. The van der Waals surface area contributed by atoms with E-state index < -0.39 is 0 Å². The number of nitrogens with one attached hydrogen (secondary N) is 1. The minimum absolute atomic E-state index is 0.530. The van der Waals surface area contributed by atoms with E-state index >= 15 is 0 Å². The first-order chi connectivity index (χ1) is 18.6. The average molecular weight is 536 g/mol. The van der Waals surface area contributed by atoms with Crippen LogP contribution in [0.2, 0.25) is 0 Å². The molecule has 0 aromatic rings. The van der Waals surface area contributed by atoms with Gasteiger partial charge in [-0.25, -0.2) is 0 Å². The van der Waals surface area contributed by atoms with E-state index in [1.807, 2.05) is 0 Å². The van der Waals surface area contributed by atoms with Crippen LogP contribution in [0.4, 0.5) is 0 Å². The van der Waals surface area contributed by atoms with Gasteiger partial charge in [-0.1, -0.05) is 201 Å². The van der Waals surface area contributed by atoms with Crippen LogP contribution >= 0.6 is 0 Å². The summed E-state index contributed by atoms with van der Waals surface area (Å²) in [5.74, 6) is 0. The third-order valence-electron chi connectivity index (χ3n) is 8.49. The molecule has 0 saturated carbocycles. The molecule has 0 bridgehead atoms. The molecule has 230 valence electrons. The van der Waals surface area contributed by atoms with Crippen LogP contribution in [0, 0.1) is 5.41 Å². The summed E-state index contributed by atoms with van der Waals surface area (Å²) < 4.78 is 0. The van der Waals surface area contributed by atoms with Gasteiger partial charge in [-0.15, -0.1) is 0 Å². The predicted octanol–water partition coefficient (Wildman–Crippen LogP) is 13.3. The van der Waals surface area contributed by atoms with E-state index in [1.165, 1.54) is 206 Å². The van der Waals surface area contributed by atoms with Gasteiger partial charge in [0.2, 0.25) is 0 Å². The van der Waals surface area contributed by atoms with E-state index in [2.05, 4.69) is 33.0 Å². The minimum atomic E-state index is 0.530. The van der Waals surface area contributed by atoms with Crippen LogP contribution in [0.5, 0.6) is 0 Å². The fourth-order valence-electron chi connectivity index (χ4n) is 5.77. The van der Waals surface area contributed by atoms with Crippen molar-refractivity contribution in [2.24, 2.45) is 5.41 Å². The number of hydrogen-bond acceptors (Lipinski definition) is 1. The average Bonchev–Trinajstić information content (AvgIpc) is 2.88. The molecule has 0 aromatic carbocycles. The molecule has 0 aromatic heterocycles. The quantitative estimate of drug-likeness (QED) is 0.0844. The van der Waals surface area contributed by atoms with Crippen molar-refractivity contribution < 1.29 is 0 Å². The van der Waals surface area contributed by atoms with Gasteiger partial charge < -0.3 is 5.32 Å². The summed E-state index contributed by atoms with van der Waals surface area (Å²) >= 11 is 0. The Balaban J connectivity index is 3.04. The fourth-order valence-corrected chi connectivity index (χ4v) is 5.77. The van der Waals surface area contributed by atoms with Crippen LogP contribution in [0.3, 0.4) is 0 Å². The van der Waals surface area contributed by atoms with Gasteiger partial charge in [-0.2, -0.15) is 0 Å². The Labute approximate surface area is 243 Å². The minimum Gasteiger partial charge on any atom is -0.317 e. The van der Waals surface area contributed by atoms with Gasteiger partial charge in [0.15, 0.2) is 0 Å². The lowest BCUT2D eigenvalue weighted by molar-refractivity contribution is 0.356. The van der Waals surface area contributed by atoms with E-state index in [9.17, 15) is 0 Å². The van der Waals surface area contributed by atoms with Crippen molar-refractivity contribution in [3.63, 3.8) is 0 Å².